The van der Waals surface area contributed by atoms with Gasteiger partial charge >= 0.3 is 6.18 Å². The molecule has 8 heteroatoms. The van der Waals surface area contributed by atoms with Crippen LogP contribution in [0.1, 0.15) is 5.56 Å². The second-order valence-electron chi connectivity index (χ2n) is 4.09. The standard InChI is InChI=1S/C11H15F3N4O/c1-15-9-6-8(11(12,13)14)7-10(16-9)17-18-2-4-19-5-3-18/h6-7H,2-5H2,1H3,(H2,15,16,17). The first-order valence-electron chi connectivity index (χ1n) is 5.85. The number of pyridine rings is 1. The number of halogens is 3. The fourth-order valence-electron chi connectivity index (χ4n) is 1.72. The minimum absolute atomic E-state index is 0.168. The number of hydrazine groups is 1. The molecule has 0 amide bonds. The van der Waals surface area contributed by atoms with E-state index in [0.717, 1.165) is 12.1 Å². The van der Waals surface area contributed by atoms with Gasteiger partial charge in [-0.2, -0.15) is 13.2 Å². The molecular formula is C11H15F3N4O. The van der Waals surface area contributed by atoms with E-state index < -0.39 is 11.7 Å². The largest absolute Gasteiger partial charge is 0.416 e. The lowest BCUT2D eigenvalue weighted by Crippen LogP contribution is -2.40. The molecule has 0 radical (unpaired) electrons. The summed E-state index contributed by atoms with van der Waals surface area (Å²) in [7, 11) is 1.53. The molecule has 2 N–H and O–H groups in total. The van der Waals surface area contributed by atoms with Crippen LogP contribution in [-0.4, -0.2) is 43.3 Å². The van der Waals surface area contributed by atoms with E-state index in [1.807, 2.05) is 0 Å². The SMILES string of the molecule is CNc1cc(C(F)(F)F)cc(NN2CCOCC2)n1. The molecular weight excluding hydrogens is 261 g/mol. The van der Waals surface area contributed by atoms with Crippen molar-refractivity contribution in [1.29, 1.82) is 0 Å². The lowest BCUT2D eigenvalue weighted by molar-refractivity contribution is -0.137. The zero-order chi connectivity index (χ0) is 13.9. The number of ether oxygens (including phenoxy) is 1. The van der Waals surface area contributed by atoms with E-state index in [9.17, 15) is 13.2 Å². The summed E-state index contributed by atoms with van der Waals surface area (Å²) in [6.45, 7) is 2.30. The normalized spacial score (nSPS) is 17.3. The Morgan fingerprint density at radius 3 is 2.42 bits per heavy atom. The van der Waals surface area contributed by atoms with E-state index in [1.54, 1.807) is 5.01 Å². The molecule has 1 aliphatic heterocycles. The van der Waals surface area contributed by atoms with Crippen molar-refractivity contribution in [2.24, 2.45) is 0 Å². The summed E-state index contributed by atoms with van der Waals surface area (Å²) < 4.78 is 43.4. The topological polar surface area (TPSA) is 49.4 Å². The minimum atomic E-state index is -4.39. The van der Waals surface area contributed by atoms with Crippen LogP contribution in [0.4, 0.5) is 24.8 Å². The molecule has 0 bridgehead atoms. The van der Waals surface area contributed by atoms with Gasteiger partial charge in [-0.1, -0.05) is 0 Å². The number of hydrogen-bond donors (Lipinski definition) is 2. The summed E-state index contributed by atoms with van der Waals surface area (Å²) in [5.41, 5.74) is 2.14. The molecule has 1 saturated heterocycles. The second-order valence-corrected chi connectivity index (χ2v) is 4.09. The van der Waals surface area contributed by atoms with Crippen molar-refractivity contribution >= 4 is 11.6 Å². The lowest BCUT2D eigenvalue weighted by Gasteiger charge is -2.27. The Kier molecular flexibility index (Phi) is 4.11. The van der Waals surface area contributed by atoms with E-state index in [1.165, 1.54) is 7.05 Å². The third-order valence-electron chi connectivity index (χ3n) is 2.69. The molecule has 1 aliphatic rings. The van der Waals surface area contributed by atoms with Crippen molar-refractivity contribution in [1.82, 2.24) is 9.99 Å². The third kappa shape index (κ3) is 3.71. The van der Waals surface area contributed by atoms with Crippen LogP contribution in [0.5, 0.6) is 0 Å². The highest BCUT2D eigenvalue weighted by Crippen LogP contribution is 2.32. The molecule has 0 saturated carbocycles. The van der Waals surface area contributed by atoms with Gasteiger partial charge in [0, 0.05) is 20.1 Å². The van der Waals surface area contributed by atoms with E-state index in [4.69, 9.17) is 4.74 Å². The summed E-state index contributed by atoms with van der Waals surface area (Å²) >= 11 is 0. The highest BCUT2D eigenvalue weighted by Gasteiger charge is 2.31. The number of nitrogens with zero attached hydrogens (tertiary/aromatic N) is 2. The summed E-state index contributed by atoms with van der Waals surface area (Å²) in [5, 5.41) is 4.41. The van der Waals surface area contributed by atoms with Gasteiger partial charge in [0.1, 0.15) is 11.6 Å². The molecule has 1 aromatic heterocycles. The van der Waals surface area contributed by atoms with Crippen LogP contribution in [0, 0.1) is 0 Å². The van der Waals surface area contributed by atoms with Gasteiger partial charge < -0.3 is 15.5 Å². The second kappa shape index (κ2) is 5.62. The van der Waals surface area contributed by atoms with Gasteiger partial charge in [0.2, 0.25) is 0 Å². The number of hydrogen-bond acceptors (Lipinski definition) is 5. The van der Waals surface area contributed by atoms with Crippen molar-refractivity contribution in [2.75, 3.05) is 44.1 Å². The Balaban J connectivity index is 2.19. The van der Waals surface area contributed by atoms with Crippen molar-refractivity contribution < 1.29 is 17.9 Å². The number of rotatable bonds is 3. The summed E-state index contributed by atoms with van der Waals surface area (Å²) in [5.74, 6) is 0.339. The molecule has 0 unspecified atom stereocenters. The van der Waals surface area contributed by atoms with Crippen molar-refractivity contribution in [3.8, 4) is 0 Å². The number of morpholine rings is 1. The lowest BCUT2D eigenvalue weighted by atomic mass is 10.2. The Bertz CT molecular complexity index is 432. The minimum Gasteiger partial charge on any atom is -0.379 e. The molecule has 1 aromatic rings. The quantitative estimate of drug-likeness (QED) is 0.881. The Labute approximate surface area is 108 Å². The maximum absolute atomic E-state index is 12.7. The average Bonchev–Trinajstić information content (AvgIpc) is 2.38. The van der Waals surface area contributed by atoms with Gasteiger partial charge in [-0.05, 0) is 12.1 Å². The van der Waals surface area contributed by atoms with Gasteiger partial charge in [-0.25, -0.2) is 9.99 Å². The van der Waals surface area contributed by atoms with Crippen molar-refractivity contribution in [3.05, 3.63) is 17.7 Å². The van der Waals surface area contributed by atoms with Crippen molar-refractivity contribution in [2.45, 2.75) is 6.18 Å². The highest BCUT2D eigenvalue weighted by atomic mass is 19.4. The molecule has 1 fully saturated rings. The average molecular weight is 276 g/mol. The van der Waals surface area contributed by atoms with Gasteiger partial charge in [0.05, 0.1) is 18.8 Å². The Hall–Kier alpha value is -1.54. The number of nitrogens with one attached hydrogen (secondary N) is 2. The maximum Gasteiger partial charge on any atom is 0.416 e. The predicted molar refractivity (Wildman–Crippen MR) is 64.8 cm³/mol. The zero-order valence-electron chi connectivity index (χ0n) is 10.4. The van der Waals surface area contributed by atoms with E-state index in [-0.39, 0.29) is 11.6 Å². The van der Waals surface area contributed by atoms with Crippen LogP contribution >= 0.6 is 0 Å². The van der Waals surface area contributed by atoms with Crippen LogP contribution in [0.3, 0.4) is 0 Å². The highest BCUT2D eigenvalue weighted by molar-refractivity contribution is 5.49. The fraction of sp³-hybridized carbons (Fsp3) is 0.545. The van der Waals surface area contributed by atoms with E-state index in [0.29, 0.717) is 26.3 Å². The third-order valence-corrected chi connectivity index (χ3v) is 2.69. The molecule has 2 rings (SSSR count). The molecule has 19 heavy (non-hydrogen) atoms. The van der Waals surface area contributed by atoms with Crippen LogP contribution in [0.2, 0.25) is 0 Å². The number of anilines is 2. The van der Waals surface area contributed by atoms with Crippen molar-refractivity contribution in [3.63, 3.8) is 0 Å². The zero-order valence-corrected chi connectivity index (χ0v) is 10.4. The van der Waals surface area contributed by atoms with Crippen LogP contribution in [0.15, 0.2) is 12.1 Å². The molecule has 0 spiro atoms. The smallest absolute Gasteiger partial charge is 0.379 e. The van der Waals surface area contributed by atoms with Gasteiger partial charge in [-0.3, -0.25) is 0 Å². The van der Waals surface area contributed by atoms with Gasteiger partial charge in [-0.15, -0.1) is 0 Å². The first-order chi connectivity index (χ1) is 8.99. The molecule has 5 nitrogen and oxygen atoms in total. The van der Waals surface area contributed by atoms with Crippen LogP contribution in [-0.2, 0) is 10.9 Å². The summed E-state index contributed by atoms with van der Waals surface area (Å²) in [6.07, 6.45) is -4.39. The van der Waals surface area contributed by atoms with E-state index >= 15 is 0 Å². The molecule has 2 heterocycles. The van der Waals surface area contributed by atoms with Gasteiger partial charge in [0.25, 0.3) is 0 Å². The molecule has 0 atom stereocenters. The maximum atomic E-state index is 12.7. The first-order valence-corrected chi connectivity index (χ1v) is 5.85. The van der Waals surface area contributed by atoms with E-state index in [2.05, 4.69) is 15.7 Å². The first kappa shape index (κ1) is 13.9. The van der Waals surface area contributed by atoms with Crippen LogP contribution < -0.4 is 10.7 Å². The molecule has 0 aromatic carbocycles. The fourth-order valence-corrected chi connectivity index (χ4v) is 1.72. The summed E-state index contributed by atoms with van der Waals surface area (Å²) in [4.78, 5) is 4.05. The Morgan fingerprint density at radius 1 is 1.21 bits per heavy atom. The monoisotopic (exact) mass is 276 g/mol. The number of alkyl halides is 3. The van der Waals surface area contributed by atoms with Gasteiger partial charge in [0.15, 0.2) is 0 Å². The Morgan fingerprint density at radius 2 is 1.84 bits per heavy atom. The molecule has 0 aliphatic carbocycles. The van der Waals surface area contributed by atoms with Crippen LogP contribution in [0.25, 0.3) is 0 Å². The summed E-state index contributed by atoms with van der Waals surface area (Å²) in [6, 6.07) is 1.97. The number of aromatic nitrogens is 1. The molecule has 106 valence electrons. The predicted octanol–water partition coefficient (Wildman–Crippen LogP) is 1.80.